The van der Waals surface area contributed by atoms with E-state index in [0.29, 0.717) is 0 Å². The summed E-state index contributed by atoms with van der Waals surface area (Å²) in [4.78, 5) is 2.43. The number of anilines is 3. The van der Waals surface area contributed by atoms with Gasteiger partial charge in [0.05, 0.1) is 11.4 Å². The normalized spacial score (nSPS) is 18.5. The van der Waals surface area contributed by atoms with Crippen molar-refractivity contribution in [1.29, 1.82) is 0 Å². The zero-order valence-corrected chi connectivity index (χ0v) is 34.1. The SMILES string of the molecule is C1=C(c2cccc(-c3cccc4c3C3c5ccccc5C4c4c(-c5cccc(C6Nc7ccccc7N6c6ccccc6)c5)cccc43)c2)C(c2ccccc2)c2ccccc21. The second-order valence-electron chi connectivity index (χ2n) is 17.2. The van der Waals surface area contributed by atoms with E-state index in [1.807, 2.05) is 0 Å². The van der Waals surface area contributed by atoms with E-state index in [4.69, 9.17) is 0 Å². The monoisotopic (exact) mass is 790 g/mol. The van der Waals surface area contributed by atoms with Crippen LogP contribution < -0.4 is 10.2 Å². The Kier molecular flexibility index (Phi) is 7.90. The van der Waals surface area contributed by atoms with E-state index in [1.54, 1.807) is 0 Å². The fourth-order valence-corrected chi connectivity index (χ4v) is 11.4. The zero-order valence-electron chi connectivity index (χ0n) is 34.1. The smallest absolute Gasteiger partial charge is 0.130 e. The number of rotatable bonds is 6. The number of hydrogen-bond acceptors (Lipinski definition) is 2. The van der Waals surface area contributed by atoms with Gasteiger partial charge >= 0.3 is 0 Å². The van der Waals surface area contributed by atoms with Gasteiger partial charge in [0.2, 0.25) is 0 Å². The molecule has 2 bridgehead atoms. The van der Waals surface area contributed by atoms with Crippen molar-refractivity contribution in [3.63, 3.8) is 0 Å². The molecule has 4 atom stereocenters. The lowest BCUT2D eigenvalue weighted by Gasteiger charge is -2.44. The quantitative estimate of drug-likeness (QED) is 0.180. The van der Waals surface area contributed by atoms with Crippen LogP contribution in [0.2, 0.25) is 0 Å². The van der Waals surface area contributed by atoms with E-state index in [2.05, 4.69) is 235 Å². The van der Waals surface area contributed by atoms with Crippen molar-refractivity contribution in [2.45, 2.75) is 23.9 Å². The van der Waals surface area contributed by atoms with Crippen molar-refractivity contribution in [1.82, 2.24) is 0 Å². The van der Waals surface area contributed by atoms with Crippen LogP contribution in [0.25, 0.3) is 33.9 Å². The summed E-state index contributed by atoms with van der Waals surface area (Å²) in [6.07, 6.45) is 2.38. The minimum atomic E-state index is -0.0392. The van der Waals surface area contributed by atoms with Gasteiger partial charge in [-0.15, -0.1) is 0 Å². The first-order valence-corrected chi connectivity index (χ1v) is 21.9. The molecule has 0 fully saturated rings. The maximum absolute atomic E-state index is 3.87. The second-order valence-corrected chi connectivity index (χ2v) is 17.2. The first-order valence-electron chi connectivity index (χ1n) is 21.9. The molecule has 62 heavy (non-hydrogen) atoms. The molecule has 1 heterocycles. The summed E-state index contributed by atoms with van der Waals surface area (Å²) in [5.74, 6) is 0.435. The molecular formula is C60H42N2. The molecule has 1 aliphatic heterocycles. The highest BCUT2D eigenvalue weighted by Gasteiger charge is 2.44. The van der Waals surface area contributed by atoms with Crippen LogP contribution in [0.15, 0.2) is 218 Å². The Morgan fingerprint density at radius 2 is 0.903 bits per heavy atom. The highest BCUT2D eigenvalue weighted by atomic mass is 15.3. The molecule has 0 amide bonds. The fraction of sp³-hybridized carbons (Fsp3) is 0.0667. The second kappa shape index (κ2) is 13.9. The highest BCUT2D eigenvalue weighted by Crippen LogP contribution is 2.60. The Morgan fingerprint density at radius 3 is 1.63 bits per heavy atom. The number of nitrogens with zero attached hydrogens (tertiary/aromatic N) is 1. The maximum Gasteiger partial charge on any atom is 0.130 e. The standard InChI is InChI=1S/C60H42N2/c1-3-17-38(18-4-1)55-45-26-8-7-19-42(45)37-52(55)41-22-13-20-39(35-41)46-29-15-31-50-56(46)58-48-27-9-10-28-49(48)59(50)57-47(30-16-32-51(57)58)40-21-14-23-43(36-40)60-61-53-33-11-12-34-54(53)62(60)44-24-5-2-6-25-44/h1-37,55,58-61H. The summed E-state index contributed by atoms with van der Waals surface area (Å²) >= 11 is 0. The number of para-hydroxylation sites is 3. The Balaban J connectivity index is 0.927. The lowest BCUT2D eigenvalue weighted by atomic mass is 9.59. The molecular weight excluding hydrogens is 749 g/mol. The Hall–Kier alpha value is -7.68. The summed E-state index contributed by atoms with van der Waals surface area (Å²) in [5, 5.41) is 3.87. The molecule has 1 N–H and O–H groups in total. The van der Waals surface area contributed by atoms with Crippen LogP contribution in [-0.4, -0.2) is 0 Å². The van der Waals surface area contributed by atoms with Crippen LogP contribution in [0.4, 0.5) is 17.1 Å². The van der Waals surface area contributed by atoms with Crippen molar-refractivity contribution < 1.29 is 0 Å². The third-order valence-corrected chi connectivity index (χ3v) is 13.9. The maximum atomic E-state index is 3.87. The summed E-state index contributed by atoms with van der Waals surface area (Å²) in [7, 11) is 0. The van der Waals surface area contributed by atoms with Crippen LogP contribution in [0, 0.1) is 0 Å². The molecule has 0 radical (unpaired) electrons. The van der Waals surface area contributed by atoms with E-state index < -0.39 is 0 Å². The molecule has 0 aromatic heterocycles. The number of nitrogens with one attached hydrogen (secondary N) is 1. The van der Waals surface area contributed by atoms with E-state index in [-0.39, 0.29) is 23.9 Å². The van der Waals surface area contributed by atoms with Gasteiger partial charge in [0.1, 0.15) is 6.17 Å². The van der Waals surface area contributed by atoms with Gasteiger partial charge in [-0.2, -0.15) is 0 Å². The van der Waals surface area contributed by atoms with Gasteiger partial charge in [-0.1, -0.05) is 182 Å². The predicted octanol–water partition coefficient (Wildman–Crippen LogP) is 15.0. The van der Waals surface area contributed by atoms with E-state index in [1.165, 1.54) is 100 Å². The van der Waals surface area contributed by atoms with Gasteiger partial charge in [0.25, 0.3) is 0 Å². The molecule has 4 unspecified atom stereocenters. The molecule has 5 aliphatic rings. The van der Waals surface area contributed by atoms with Crippen LogP contribution in [-0.2, 0) is 0 Å². The van der Waals surface area contributed by atoms with Crippen LogP contribution in [0.1, 0.15) is 85.1 Å². The molecule has 14 rings (SSSR count). The highest BCUT2D eigenvalue weighted by molar-refractivity contribution is 5.95. The summed E-state index contributed by atoms with van der Waals surface area (Å²) < 4.78 is 0. The predicted molar refractivity (Wildman–Crippen MR) is 256 cm³/mol. The summed E-state index contributed by atoms with van der Waals surface area (Å²) in [6.45, 7) is 0. The average Bonchev–Trinajstić information content (AvgIpc) is 3.94. The number of hydrogen-bond donors (Lipinski definition) is 1. The summed E-state index contributed by atoms with van der Waals surface area (Å²) in [6, 6.07) is 81.2. The molecule has 9 aromatic rings. The first-order chi connectivity index (χ1) is 30.8. The van der Waals surface area contributed by atoms with Gasteiger partial charge in [-0.3, -0.25) is 0 Å². The van der Waals surface area contributed by atoms with Crippen molar-refractivity contribution >= 4 is 28.7 Å². The molecule has 2 heteroatoms. The van der Waals surface area contributed by atoms with Gasteiger partial charge < -0.3 is 10.2 Å². The van der Waals surface area contributed by atoms with Crippen molar-refractivity contribution in [3.8, 4) is 22.3 Å². The minimum absolute atomic E-state index is 0.0392. The number of benzene rings is 9. The van der Waals surface area contributed by atoms with Crippen LogP contribution in [0.3, 0.4) is 0 Å². The molecule has 9 aromatic carbocycles. The van der Waals surface area contributed by atoms with Gasteiger partial charge in [-0.05, 0) is 131 Å². The fourth-order valence-electron chi connectivity index (χ4n) is 11.4. The topological polar surface area (TPSA) is 15.3 Å². The Bertz CT molecular complexity index is 3250. The van der Waals surface area contributed by atoms with Crippen LogP contribution >= 0.6 is 0 Å². The number of fused-ring (bicyclic) bond motifs is 2. The van der Waals surface area contributed by atoms with Crippen molar-refractivity contribution in [2.24, 2.45) is 0 Å². The van der Waals surface area contributed by atoms with E-state index in [9.17, 15) is 0 Å². The van der Waals surface area contributed by atoms with Gasteiger partial charge in [0, 0.05) is 23.4 Å². The Morgan fingerprint density at radius 1 is 0.371 bits per heavy atom. The van der Waals surface area contributed by atoms with Gasteiger partial charge in [0.15, 0.2) is 0 Å². The minimum Gasteiger partial charge on any atom is -0.359 e. The average molecular weight is 791 g/mol. The van der Waals surface area contributed by atoms with Crippen molar-refractivity contribution in [2.75, 3.05) is 10.2 Å². The molecule has 292 valence electrons. The summed E-state index contributed by atoms with van der Waals surface area (Å²) in [5.41, 5.74) is 25.1. The largest absolute Gasteiger partial charge is 0.359 e. The van der Waals surface area contributed by atoms with Crippen LogP contribution in [0.5, 0.6) is 0 Å². The van der Waals surface area contributed by atoms with E-state index in [0.717, 1.165) is 5.69 Å². The lowest BCUT2D eigenvalue weighted by Crippen LogP contribution is -2.28. The molecule has 0 saturated carbocycles. The Labute approximate surface area is 363 Å². The molecule has 0 spiro atoms. The number of allylic oxidation sites excluding steroid dienone is 1. The molecule has 0 saturated heterocycles. The zero-order chi connectivity index (χ0) is 40.7. The van der Waals surface area contributed by atoms with E-state index >= 15 is 0 Å². The third kappa shape index (κ3) is 5.29. The molecule has 2 nitrogen and oxygen atoms in total. The molecule has 4 aliphatic carbocycles. The third-order valence-electron chi connectivity index (χ3n) is 13.9. The van der Waals surface area contributed by atoms with Gasteiger partial charge in [-0.25, -0.2) is 0 Å². The first kappa shape index (κ1) is 35.1. The lowest BCUT2D eigenvalue weighted by molar-refractivity contribution is 0.757. The van der Waals surface area contributed by atoms with Crippen molar-refractivity contribution in [3.05, 3.63) is 280 Å².